The van der Waals surface area contributed by atoms with Crippen LogP contribution < -0.4 is 10.6 Å². The van der Waals surface area contributed by atoms with Gasteiger partial charge in [0.1, 0.15) is 5.82 Å². The van der Waals surface area contributed by atoms with Crippen LogP contribution in [0.25, 0.3) is 33.7 Å². The normalized spacial score (nSPS) is 17.3. The molecule has 1 aliphatic heterocycles. The second-order valence-electron chi connectivity index (χ2n) is 7.34. The van der Waals surface area contributed by atoms with Gasteiger partial charge in [0.25, 0.3) is 0 Å². The number of aromatic nitrogens is 5. The molecule has 4 heterocycles. The van der Waals surface area contributed by atoms with Crippen LogP contribution in [0, 0.1) is 5.92 Å². The molecule has 0 radical (unpaired) electrons. The number of hydrogen-bond acceptors (Lipinski definition) is 7. The summed E-state index contributed by atoms with van der Waals surface area (Å²) < 4.78 is 5.36. The maximum Gasteiger partial charge on any atom is 0.313 e. The zero-order chi connectivity index (χ0) is 19.1. The molecular formula is C20H21N7O. The van der Waals surface area contributed by atoms with Crippen molar-refractivity contribution in [2.75, 3.05) is 23.7 Å². The number of nitrogens with zero attached hydrogens (tertiary/aromatic N) is 5. The lowest BCUT2D eigenvalue weighted by Gasteiger charge is -2.31. The summed E-state index contributed by atoms with van der Waals surface area (Å²) in [7, 11) is 0. The van der Waals surface area contributed by atoms with Crippen LogP contribution in [-0.4, -0.2) is 38.2 Å². The van der Waals surface area contributed by atoms with Gasteiger partial charge in [-0.25, -0.2) is 9.97 Å². The van der Waals surface area contributed by atoms with E-state index in [1.165, 1.54) is 12.8 Å². The largest absolute Gasteiger partial charge is 0.404 e. The summed E-state index contributed by atoms with van der Waals surface area (Å²) in [4.78, 5) is 15.0. The SMILES string of the molecule is CC1CCCN(c2ccnc(-c3c[nH]c4ccc(-c5nnc(N)o5)cc34)n2)C1. The first kappa shape index (κ1) is 16.7. The molecule has 0 bridgehead atoms. The highest BCUT2D eigenvalue weighted by Gasteiger charge is 2.19. The van der Waals surface area contributed by atoms with E-state index >= 15 is 0 Å². The Hall–Kier alpha value is -3.42. The van der Waals surface area contributed by atoms with Crippen LogP contribution in [-0.2, 0) is 0 Å². The van der Waals surface area contributed by atoms with Crippen LogP contribution in [0.1, 0.15) is 19.8 Å². The molecule has 1 atom stereocenters. The van der Waals surface area contributed by atoms with Gasteiger partial charge in [0.2, 0.25) is 5.89 Å². The van der Waals surface area contributed by atoms with Crippen LogP contribution in [0.5, 0.6) is 0 Å². The molecular weight excluding hydrogens is 354 g/mol. The molecule has 4 aromatic rings. The van der Waals surface area contributed by atoms with Crippen LogP contribution in [0.4, 0.5) is 11.8 Å². The van der Waals surface area contributed by atoms with Gasteiger partial charge in [-0.1, -0.05) is 12.0 Å². The van der Waals surface area contributed by atoms with E-state index in [0.29, 0.717) is 17.6 Å². The maximum atomic E-state index is 5.56. The number of hydrogen-bond donors (Lipinski definition) is 2. The van der Waals surface area contributed by atoms with Crippen molar-refractivity contribution in [3.63, 3.8) is 0 Å². The first-order valence-corrected chi connectivity index (χ1v) is 9.46. The predicted molar refractivity (Wildman–Crippen MR) is 108 cm³/mol. The quantitative estimate of drug-likeness (QED) is 0.564. The minimum atomic E-state index is 0.0520. The minimum absolute atomic E-state index is 0.0520. The van der Waals surface area contributed by atoms with Crippen molar-refractivity contribution in [3.05, 3.63) is 36.7 Å². The van der Waals surface area contributed by atoms with Gasteiger partial charge in [-0.2, -0.15) is 0 Å². The van der Waals surface area contributed by atoms with E-state index < -0.39 is 0 Å². The number of rotatable bonds is 3. The Morgan fingerprint density at radius 2 is 2.18 bits per heavy atom. The molecule has 142 valence electrons. The summed E-state index contributed by atoms with van der Waals surface area (Å²) in [6.07, 6.45) is 6.25. The van der Waals surface area contributed by atoms with Crippen LogP contribution in [0.3, 0.4) is 0 Å². The molecule has 1 saturated heterocycles. The summed E-state index contributed by atoms with van der Waals surface area (Å²) in [5, 5.41) is 8.70. The Kier molecular flexibility index (Phi) is 3.96. The van der Waals surface area contributed by atoms with E-state index in [1.807, 2.05) is 36.7 Å². The number of benzene rings is 1. The average molecular weight is 375 g/mol. The fraction of sp³-hybridized carbons (Fsp3) is 0.300. The first-order chi connectivity index (χ1) is 13.7. The van der Waals surface area contributed by atoms with Crippen LogP contribution in [0.15, 0.2) is 41.1 Å². The van der Waals surface area contributed by atoms with E-state index in [-0.39, 0.29) is 6.01 Å². The lowest BCUT2D eigenvalue weighted by molar-refractivity contribution is 0.444. The third-order valence-electron chi connectivity index (χ3n) is 5.23. The Bertz CT molecular complexity index is 1130. The van der Waals surface area contributed by atoms with Gasteiger partial charge >= 0.3 is 6.01 Å². The number of nitrogens with one attached hydrogen (secondary N) is 1. The molecule has 0 spiro atoms. The molecule has 1 aromatic carbocycles. The Labute approximate surface area is 161 Å². The van der Waals surface area contributed by atoms with Crippen molar-refractivity contribution >= 4 is 22.7 Å². The van der Waals surface area contributed by atoms with E-state index in [1.54, 1.807) is 0 Å². The molecule has 8 heteroatoms. The molecule has 28 heavy (non-hydrogen) atoms. The van der Waals surface area contributed by atoms with E-state index in [9.17, 15) is 0 Å². The van der Waals surface area contributed by atoms with Crippen molar-refractivity contribution in [3.8, 4) is 22.8 Å². The average Bonchev–Trinajstić information content (AvgIpc) is 3.34. The molecule has 1 unspecified atom stereocenters. The summed E-state index contributed by atoms with van der Waals surface area (Å²) in [6, 6.07) is 7.93. The number of anilines is 2. The van der Waals surface area contributed by atoms with Crippen molar-refractivity contribution in [2.24, 2.45) is 5.92 Å². The molecule has 3 aromatic heterocycles. The number of nitrogen functional groups attached to an aromatic ring is 1. The van der Waals surface area contributed by atoms with E-state index in [4.69, 9.17) is 15.1 Å². The summed E-state index contributed by atoms with van der Waals surface area (Å²) >= 11 is 0. The van der Waals surface area contributed by atoms with Crippen LogP contribution in [0.2, 0.25) is 0 Å². The molecule has 0 aliphatic carbocycles. The lowest BCUT2D eigenvalue weighted by Crippen LogP contribution is -2.34. The highest BCUT2D eigenvalue weighted by molar-refractivity contribution is 5.96. The second-order valence-corrected chi connectivity index (χ2v) is 7.34. The van der Waals surface area contributed by atoms with Crippen molar-refractivity contribution in [2.45, 2.75) is 19.8 Å². The van der Waals surface area contributed by atoms with Gasteiger partial charge in [-0.3, -0.25) is 0 Å². The van der Waals surface area contributed by atoms with Crippen LogP contribution >= 0.6 is 0 Å². The van der Waals surface area contributed by atoms with E-state index in [2.05, 4.69) is 32.0 Å². The summed E-state index contributed by atoms with van der Waals surface area (Å²) in [6.45, 7) is 4.37. The fourth-order valence-electron chi connectivity index (χ4n) is 3.84. The number of fused-ring (bicyclic) bond motifs is 1. The summed E-state index contributed by atoms with van der Waals surface area (Å²) in [5.74, 6) is 2.75. The summed E-state index contributed by atoms with van der Waals surface area (Å²) in [5.41, 5.74) is 8.29. The van der Waals surface area contributed by atoms with Crippen molar-refractivity contribution in [1.29, 1.82) is 0 Å². The second kappa shape index (κ2) is 6.63. The van der Waals surface area contributed by atoms with E-state index in [0.717, 1.165) is 40.9 Å². The van der Waals surface area contributed by atoms with Crippen molar-refractivity contribution in [1.82, 2.24) is 25.1 Å². The molecule has 8 nitrogen and oxygen atoms in total. The smallest absolute Gasteiger partial charge is 0.313 e. The zero-order valence-corrected chi connectivity index (χ0v) is 15.6. The first-order valence-electron chi connectivity index (χ1n) is 9.46. The Balaban J connectivity index is 1.55. The molecule has 0 saturated carbocycles. The topological polar surface area (TPSA) is 110 Å². The molecule has 3 N–H and O–H groups in total. The molecule has 1 aliphatic rings. The Morgan fingerprint density at radius 3 is 3.00 bits per heavy atom. The number of piperidine rings is 1. The molecule has 5 rings (SSSR count). The number of nitrogens with two attached hydrogens (primary N) is 1. The monoisotopic (exact) mass is 375 g/mol. The van der Waals surface area contributed by atoms with Gasteiger partial charge in [0.05, 0.1) is 0 Å². The van der Waals surface area contributed by atoms with Gasteiger partial charge in [0.15, 0.2) is 5.82 Å². The number of H-pyrrole nitrogens is 1. The highest BCUT2D eigenvalue weighted by atomic mass is 16.4. The molecule has 0 amide bonds. The fourth-order valence-corrected chi connectivity index (χ4v) is 3.84. The third-order valence-corrected chi connectivity index (χ3v) is 5.23. The van der Waals surface area contributed by atoms with Gasteiger partial charge < -0.3 is 20.0 Å². The van der Waals surface area contributed by atoms with Crippen molar-refractivity contribution < 1.29 is 4.42 Å². The van der Waals surface area contributed by atoms with Gasteiger partial charge in [0, 0.05) is 47.5 Å². The molecule has 1 fully saturated rings. The maximum absolute atomic E-state index is 5.56. The Morgan fingerprint density at radius 1 is 1.25 bits per heavy atom. The zero-order valence-electron chi connectivity index (χ0n) is 15.6. The highest BCUT2D eigenvalue weighted by Crippen LogP contribution is 2.31. The number of aromatic amines is 1. The minimum Gasteiger partial charge on any atom is -0.404 e. The standard InChI is InChI=1S/C20H21N7O/c1-12-3-2-8-27(11-12)17-6-7-22-18(24-17)15-10-23-16-5-4-13(9-14(15)16)19-25-26-20(21)28-19/h4-7,9-10,12,23H,2-3,8,11H2,1H3,(H2,21,26). The van der Waals surface area contributed by atoms with Gasteiger partial charge in [-0.15, -0.1) is 5.10 Å². The van der Waals surface area contributed by atoms with Gasteiger partial charge in [-0.05, 0) is 43.0 Å². The third kappa shape index (κ3) is 2.96. The lowest BCUT2D eigenvalue weighted by atomic mass is 10.0. The predicted octanol–water partition coefficient (Wildman–Crippen LogP) is 3.49.